The molecule has 12 heteroatoms. The molecular weight excluding hydrogens is 426 g/mol. The van der Waals surface area contributed by atoms with Crippen molar-refractivity contribution < 1.29 is 43.6 Å². The van der Waals surface area contributed by atoms with Gasteiger partial charge in [-0.1, -0.05) is 0 Å². The molecule has 1 atom stereocenters. The molecular formula is C20H33N3O9. The number of hydrogen-bond donors (Lipinski definition) is 4. The molecule has 0 aliphatic carbocycles. The number of nitrogens with one attached hydrogen (secondary N) is 2. The van der Waals surface area contributed by atoms with Crippen molar-refractivity contribution in [2.45, 2.75) is 45.3 Å². The normalized spacial score (nSPS) is 12.2. The van der Waals surface area contributed by atoms with Crippen LogP contribution in [-0.4, -0.2) is 84.5 Å². The van der Waals surface area contributed by atoms with Crippen molar-refractivity contribution in [3.05, 3.63) is 12.1 Å². The van der Waals surface area contributed by atoms with E-state index in [2.05, 4.69) is 10.6 Å². The van der Waals surface area contributed by atoms with Crippen LogP contribution in [0.2, 0.25) is 0 Å². The molecule has 1 amide bonds. The van der Waals surface area contributed by atoms with Gasteiger partial charge in [-0.05, 0) is 34.2 Å². The molecule has 0 radical (unpaired) electrons. The van der Waals surface area contributed by atoms with E-state index in [1.54, 1.807) is 27.8 Å². The lowest BCUT2D eigenvalue weighted by Gasteiger charge is -2.23. The Hall–Kier alpha value is -2.83. The van der Waals surface area contributed by atoms with Crippen LogP contribution >= 0.6 is 0 Å². The van der Waals surface area contributed by atoms with Gasteiger partial charge in [0.05, 0.1) is 19.8 Å². The number of carbonyl (C=O) groups excluding carboxylic acids is 3. The smallest absolute Gasteiger partial charge is 0.358 e. The monoisotopic (exact) mass is 459 g/mol. The van der Waals surface area contributed by atoms with E-state index in [1.807, 2.05) is 0 Å². The summed E-state index contributed by atoms with van der Waals surface area (Å²) in [6.07, 6.45) is 0.461. The molecule has 1 aromatic heterocycles. The Bertz CT molecular complexity index is 724. The van der Waals surface area contributed by atoms with E-state index < -0.39 is 41.9 Å². The third-order valence-corrected chi connectivity index (χ3v) is 3.85. The molecule has 182 valence electrons. The minimum atomic E-state index is -0.815. The van der Waals surface area contributed by atoms with Crippen LogP contribution in [0, 0.1) is 0 Å². The molecule has 32 heavy (non-hydrogen) atoms. The summed E-state index contributed by atoms with van der Waals surface area (Å²) in [5.74, 6) is -2.28. The van der Waals surface area contributed by atoms with Crippen molar-refractivity contribution in [2.24, 2.45) is 0 Å². The van der Waals surface area contributed by atoms with E-state index in [1.165, 1.54) is 0 Å². The van der Waals surface area contributed by atoms with Gasteiger partial charge in [-0.15, -0.1) is 4.73 Å². The molecule has 0 aromatic carbocycles. The molecule has 0 spiro atoms. The predicted octanol–water partition coefficient (Wildman–Crippen LogP) is -0.286. The summed E-state index contributed by atoms with van der Waals surface area (Å²) in [6, 6.07) is 1.76. The number of esters is 1. The second kappa shape index (κ2) is 13.6. The first-order valence-corrected chi connectivity index (χ1v) is 10.2. The Morgan fingerprint density at radius 2 is 1.69 bits per heavy atom. The fourth-order valence-corrected chi connectivity index (χ4v) is 2.38. The van der Waals surface area contributed by atoms with Crippen LogP contribution in [0.1, 0.15) is 33.6 Å². The zero-order chi connectivity index (χ0) is 24.1. The molecule has 0 saturated carbocycles. The summed E-state index contributed by atoms with van der Waals surface area (Å²) in [4.78, 5) is 40.2. The third kappa shape index (κ3) is 11.0. The number of carbonyl (C=O) groups is 3. The standard InChI is InChI=1S/C20H33N3O9/c1-20(2,3)31-19(28)14(21-4)5-6-15(24)22-9-10-29-11-12-30-13-18(27)32-23-16(25)7-8-17(23)26/h7-8,14,21,25-26H,5-6,9-13H2,1-4H3,(H,22,24)/t14-/m0/s1. The van der Waals surface area contributed by atoms with Crippen LogP contribution in [0.3, 0.4) is 0 Å². The van der Waals surface area contributed by atoms with Crippen LogP contribution in [0.5, 0.6) is 11.8 Å². The summed E-state index contributed by atoms with van der Waals surface area (Å²) < 4.78 is 16.2. The summed E-state index contributed by atoms with van der Waals surface area (Å²) in [7, 11) is 1.64. The molecule has 4 N–H and O–H groups in total. The SMILES string of the molecule is CN[C@@H](CCC(=O)NCCOCCOCC(=O)On1c(O)ccc1O)C(=O)OC(C)(C)C. The highest BCUT2D eigenvalue weighted by atomic mass is 16.7. The zero-order valence-electron chi connectivity index (χ0n) is 18.9. The molecule has 12 nitrogen and oxygen atoms in total. The number of aromatic nitrogens is 1. The molecule has 0 bridgehead atoms. The highest BCUT2D eigenvalue weighted by Gasteiger charge is 2.24. The first-order valence-electron chi connectivity index (χ1n) is 10.2. The topological polar surface area (TPSA) is 158 Å². The first kappa shape index (κ1) is 27.2. The zero-order valence-corrected chi connectivity index (χ0v) is 18.9. The van der Waals surface area contributed by atoms with Crippen LogP contribution in [-0.2, 0) is 28.6 Å². The number of hydrogen-bond acceptors (Lipinski definition) is 10. The highest BCUT2D eigenvalue weighted by Crippen LogP contribution is 2.18. The summed E-state index contributed by atoms with van der Waals surface area (Å²) in [5, 5.41) is 24.3. The fraction of sp³-hybridized carbons (Fsp3) is 0.650. The van der Waals surface area contributed by atoms with Crippen LogP contribution in [0.25, 0.3) is 0 Å². The fourth-order valence-electron chi connectivity index (χ4n) is 2.38. The molecule has 1 aromatic rings. The Balaban J connectivity index is 2.07. The van der Waals surface area contributed by atoms with Gasteiger partial charge in [0, 0.05) is 25.1 Å². The molecule has 1 rings (SSSR count). The van der Waals surface area contributed by atoms with Crippen molar-refractivity contribution in [2.75, 3.05) is 40.0 Å². The van der Waals surface area contributed by atoms with Crippen molar-refractivity contribution in [3.63, 3.8) is 0 Å². The lowest BCUT2D eigenvalue weighted by Crippen LogP contribution is -2.40. The second-order valence-corrected chi connectivity index (χ2v) is 7.74. The minimum Gasteiger partial charge on any atom is -0.492 e. The van der Waals surface area contributed by atoms with Gasteiger partial charge in [-0.25, -0.2) is 4.79 Å². The average Bonchev–Trinajstić information content (AvgIpc) is 3.01. The van der Waals surface area contributed by atoms with Gasteiger partial charge >= 0.3 is 11.9 Å². The van der Waals surface area contributed by atoms with Crippen LogP contribution in [0.4, 0.5) is 0 Å². The Kier molecular flexibility index (Phi) is 11.5. The largest absolute Gasteiger partial charge is 0.492 e. The quantitative estimate of drug-likeness (QED) is 0.215. The number of aromatic hydroxyl groups is 2. The van der Waals surface area contributed by atoms with Gasteiger partial charge in [-0.2, -0.15) is 0 Å². The van der Waals surface area contributed by atoms with Gasteiger partial charge in [0.1, 0.15) is 18.2 Å². The van der Waals surface area contributed by atoms with Crippen LogP contribution < -0.4 is 15.5 Å². The van der Waals surface area contributed by atoms with Gasteiger partial charge in [-0.3, -0.25) is 9.59 Å². The summed E-state index contributed by atoms with van der Waals surface area (Å²) in [5.41, 5.74) is -0.593. The predicted molar refractivity (Wildman–Crippen MR) is 112 cm³/mol. The Morgan fingerprint density at radius 3 is 2.28 bits per heavy atom. The lowest BCUT2D eigenvalue weighted by molar-refractivity contribution is -0.157. The van der Waals surface area contributed by atoms with Crippen molar-refractivity contribution in [1.82, 2.24) is 15.4 Å². The molecule has 0 aliphatic heterocycles. The van der Waals surface area contributed by atoms with E-state index in [0.717, 1.165) is 12.1 Å². The van der Waals surface area contributed by atoms with E-state index in [9.17, 15) is 24.6 Å². The minimum absolute atomic E-state index is 0.104. The Labute approximate surface area is 186 Å². The third-order valence-electron chi connectivity index (χ3n) is 3.85. The van der Waals surface area contributed by atoms with E-state index in [-0.39, 0.29) is 38.7 Å². The average molecular weight is 459 g/mol. The molecule has 0 saturated heterocycles. The Morgan fingerprint density at radius 1 is 1.06 bits per heavy atom. The van der Waals surface area contributed by atoms with E-state index in [4.69, 9.17) is 19.0 Å². The van der Waals surface area contributed by atoms with Gasteiger partial charge in [0.15, 0.2) is 0 Å². The lowest BCUT2D eigenvalue weighted by atomic mass is 10.1. The highest BCUT2D eigenvalue weighted by molar-refractivity contribution is 5.79. The summed E-state index contributed by atoms with van der Waals surface area (Å²) in [6.45, 7) is 5.75. The maximum absolute atomic E-state index is 12.0. The van der Waals surface area contributed by atoms with Crippen LogP contribution in [0.15, 0.2) is 12.1 Å². The van der Waals surface area contributed by atoms with Crippen molar-refractivity contribution in [3.8, 4) is 11.8 Å². The van der Waals surface area contributed by atoms with E-state index >= 15 is 0 Å². The van der Waals surface area contributed by atoms with Gasteiger partial charge in [0.2, 0.25) is 17.7 Å². The molecule has 0 unspecified atom stereocenters. The van der Waals surface area contributed by atoms with E-state index in [0.29, 0.717) is 11.2 Å². The van der Waals surface area contributed by atoms with Gasteiger partial charge < -0.3 is 39.9 Å². The maximum Gasteiger partial charge on any atom is 0.358 e. The van der Waals surface area contributed by atoms with Crippen molar-refractivity contribution >= 4 is 17.8 Å². The maximum atomic E-state index is 12.0. The van der Waals surface area contributed by atoms with Crippen molar-refractivity contribution in [1.29, 1.82) is 0 Å². The molecule has 0 fully saturated rings. The number of amides is 1. The second-order valence-electron chi connectivity index (χ2n) is 7.74. The summed E-state index contributed by atoms with van der Waals surface area (Å²) >= 11 is 0. The number of likely N-dealkylation sites (N-methyl/N-ethyl adjacent to an activating group) is 1. The van der Waals surface area contributed by atoms with Gasteiger partial charge in [0.25, 0.3) is 0 Å². The molecule has 1 heterocycles. The molecule has 0 aliphatic rings. The number of ether oxygens (including phenoxy) is 3. The number of rotatable bonds is 14. The first-order chi connectivity index (χ1) is 15.0. The number of nitrogens with zero attached hydrogens (tertiary/aromatic N) is 1.